The second-order valence-corrected chi connectivity index (χ2v) is 7.21. The van der Waals surface area contributed by atoms with E-state index >= 15 is 0 Å². The maximum atomic E-state index is 12.1. The lowest BCUT2D eigenvalue weighted by Gasteiger charge is -2.05. The summed E-state index contributed by atoms with van der Waals surface area (Å²) in [5.74, 6) is -0.535. The summed E-state index contributed by atoms with van der Waals surface area (Å²) < 4.78 is 0. The Balaban J connectivity index is 1.53. The molecule has 150 valence electrons. The van der Waals surface area contributed by atoms with Crippen LogP contribution in [0.4, 0.5) is 11.4 Å². The molecule has 30 heavy (non-hydrogen) atoms. The molecule has 0 aliphatic rings. The van der Waals surface area contributed by atoms with Crippen molar-refractivity contribution < 1.29 is 9.59 Å². The highest BCUT2D eigenvalue weighted by molar-refractivity contribution is 6.31. The van der Waals surface area contributed by atoms with E-state index in [0.717, 1.165) is 11.1 Å². The summed E-state index contributed by atoms with van der Waals surface area (Å²) in [5, 5.41) is 6.74. The smallest absolute Gasteiger partial charge is 0.248 e. The zero-order valence-electron chi connectivity index (χ0n) is 15.8. The van der Waals surface area contributed by atoms with E-state index in [4.69, 9.17) is 23.2 Å². The molecule has 0 saturated carbocycles. The Kier molecular flexibility index (Phi) is 7.44. The highest BCUT2D eigenvalue weighted by atomic mass is 35.5. The molecule has 0 fully saturated rings. The van der Waals surface area contributed by atoms with Gasteiger partial charge in [0.05, 0.1) is 0 Å². The van der Waals surface area contributed by atoms with Crippen molar-refractivity contribution in [1.29, 1.82) is 0 Å². The number of carbonyl (C=O) groups is 2. The molecule has 0 bridgehead atoms. The fourth-order valence-electron chi connectivity index (χ4n) is 2.57. The van der Waals surface area contributed by atoms with Crippen LogP contribution in [0.3, 0.4) is 0 Å². The van der Waals surface area contributed by atoms with Crippen molar-refractivity contribution in [3.05, 3.63) is 106 Å². The average molecular weight is 437 g/mol. The summed E-state index contributed by atoms with van der Waals surface area (Å²) in [4.78, 5) is 24.1. The third kappa shape index (κ3) is 6.92. The Hall–Kier alpha value is -3.34. The van der Waals surface area contributed by atoms with Gasteiger partial charge >= 0.3 is 0 Å². The summed E-state index contributed by atoms with van der Waals surface area (Å²) in [5.41, 5.74) is 2.90. The van der Waals surface area contributed by atoms with Crippen molar-refractivity contribution in [2.45, 2.75) is 0 Å². The molecule has 0 aromatic heterocycles. The molecule has 3 aromatic carbocycles. The van der Waals surface area contributed by atoms with Gasteiger partial charge in [-0.15, -0.1) is 0 Å². The summed E-state index contributed by atoms with van der Waals surface area (Å²) in [6, 6.07) is 21.3. The molecule has 2 amide bonds. The highest BCUT2D eigenvalue weighted by Gasteiger charge is 2.01. The first-order valence-electron chi connectivity index (χ1n) is 9.07. The zero-order valence-corrected chi connectivity index (χ0v) is 17.3. The van der Waals surface area contributed by atoms with Crippen molar-refractivity contribution in [3.8, 4) is 0 Å². The standard InChI is InChI=1S/C24H18Cl2N2O2/c25-19-5-1-3-17(15-19)7-13-23(29)27-21-9-11-22(12-10-21)28-24(30)14-8-18-4-2-6-20(26)16-18/h1-16H,(H,27,29)(H,28,30). The lowest BCUT2D eigenvalue weighted by Crippen LogP contribution is -2.09. The van der Waals surface area contributed by atoms with Gasteiger partial charge in [-0.25, -0.2) is 0 Å². The lowest BCUT2D eigenvalue weighted by molar-refractivity contribution is -0.112. The fraction of sp³-hybridized carbons (Fsp3) is 0. The molecule has 6 heteroatoms. The number of rotatable bonds is 6. The third-order valence-electron chi connectivity index (χ3n) is 3.97. The van der Waals surface area contributed by atoms with Crippen LogP contribution in [0.5, 0.6) is 0 Å². The minimum atomic E-state index is -0.267. The molecule has 0 aliphatic heterocycles. The summed E-state index contributed by atoms with van der Waals surface area (Å²) in [7, 11) is 0. The van der Waals surface area contributed by atoms with E-state index in [2.05, 4.69) is 10.6 Å². The van der Waals surface area contributed by atoms with Crippen LogP contribution in [0.15, 0.2) is 84.9 Å². The Morgan fingerprint density at radius 3 is 1.40 bits per heavy atom. The molecule has 0 spiro atoms. The largest absolute Gasteiger partial charge is 0.323 e. The maximum absolute atomic E-state index is 12.1. The molecule has 0 saturated heterocycles. The van der Waals surface area contributed by atoms with E-state index < -0.39 is 0 Å². The number of nitrogens with one attached hydrogen (secondary N) is 2. The molecule has 0 unspecified atom stereocenters. The van der Waals surface area contributed by atoms with Crippen molar-refractivity contribution in [1.82, 2.24) is 0 Å². The predicted molar refractivity (Wildman–Crippen MR) is 125 cm³/mol. The summed E-state index contributed by atoms with van der Waals surface area (Å²) in [6.07, 6.45) is 6.23. The van der Waals surface area contributed by atoms with E-state index in [0.29, 0.717) is 21.4 Å². The van der Waals surface area contributed by atoms with Crippen LogP contribution in [0.1, 0.15) is 11.1 Å². The molecule has 0 atom stereocenters. The molecule has 2 N–H and O–H groups in total. The van der Waals surface area contributed by atoms with Gasteiger partial charge in [0, 0.05) is 33.6 Å². The minimum Gasteiger partial charge on any atom is -0.323 e. The highest BCUT2D eigenvalue weighted by Crippen LogP contribution is 2.16. The summed E-state index contributed by atoms with van der Waals surface area (Å²) >= 11 is 11.8. The van der Waals surface area contributed by atoms with E-state index in [1.807, 2.05) is 24.3 Å². The van der Waals surface area contributed by atoms with Crippen molar-refractivity contribution in [2.75, 3.05) is 10.6 Å². The molecule has 3 rings (SSSR count). The molecular formula is C24H18Cl2N2O2. The average Bonchev–Trinajstić information content (AvgIpc) is 2.72. The van der Waals surface area contributed by atoms with E-state index in [-0.39, 0.29) is 11.8 Å². The maximum Gasteiger partial charge on any atom is 0.248 e. The number of benzene rings is 3. The molecule has 0 heterocycles. The Morgan fingerprint density at radius 1 is 0.633 bits per heavy atom. The molecule has 4 nitrogen and oxygen atoms in total. The van der Waals surface area contributed by atoms with Crippen LogP contribution in [-0.4, -0.2) is 11.8 Å². The van der Waals surface area contributed by atoms with Crippen LogP contribution in [0.2, 0.25) is 10.0 Å². The normalized spacial score (nSPS) is 11.0. The van der Waals surface area contributed by atoms with Crippen LogP contribution in [0, 0.1) is 0 Å². The van der Waals surface area contributed by atoms with E-state index in [1.54, 1.807) is 60.7 Å². The topological polar surface area (TPSA) is 58.2 Å². The lowest BCUT2D eigenvalue weighted by atomic mass is 10.2. The van der Waals surface area contributed by atoms with Crippen LogP contribution >= 0.6 is 23.2 Å². The quantitative estimate of drug-likeness (QED) is 0.445. The number of halogens is 2. The Labute approximate surface area is 184 Å². The van der Waals surface area contributed by atoms with Gasteiger partial charge in [0.15, 0.2) is 0 Å². The van der Waals surface area contributed by atoms with Crippen LogP contribution in [0.25, 0.3) is 12.2 Å². The second-order valence-electron chi connectivity index (χ2n) is 6.33. The first kappa shape index (κ1) is 21.4. The van der Waals surface area contributed by atoms with Gasteiger partial charge in [0.2, 0.25) is 11.8 Å². The van der Waals surface area contributed by atoms with Gasteiger partial charge in [0.25, 0.3) is 0 Å². The fourth-order valence-corrected chi connectivity index (χ4v) is 2.97. The molecule has 3 aromatic rings. The molecule has 0 radical (unpaired) electrons. The van der Waals surface area contributed by atoms with E-state index in [1.165, 1.54) is 12.2 Å². The van der Waals surface area contributed by atoms with Gasteiger partial charge < -0.3 is 10.6 Å². The SMILES string of the molecule is O=C(C=Cc1cccc(Cl)c1)Nc1ccc(NC(=O)C=Cc2cccc(Cl)c2)cc1. The minimum absolute atomic E-state index is 0.267. The predicted octanol–water partition coefficient (Wildman–Crippen LogP) is 6.30. The number of hydrogen-bond donors (Lipinski definition) is 2. The zero-order chi connectivity index (χ0) is 21.3. The first-order valence-corrected chi connectivity index (χ1v) is 9.83. The van der Waals surface area contributed by atoms with Crippen LogP contribution < -0.4 is 10.6 Å². The van der Waals surface area contributed by atoms with E-state index in [9.17, 15) is 9.59 Å². The van der Waals surface area contributed by atoms with Crippen molar-refractivity contribution >= 4 is 58.5 Å². The number of hydrogen-bond acceptors (Lipinski definition) is 2. The second kappa shape index (κ2) is 10.4. The Bertz CT molecular complexity index is 1020. The van der Waals surface area contributed by atoms with Crippen molar-refractivity contribution in [2.24, 2.45) is 0 Å². The Morgan fingerprint density at radius 2 is 1.03 bits per heavy atom. The van der Waals surface area contributed by atoms with Gasteiger partial charge in [0.1, 0.15) is 0 Å². The molecular weight excluding hydrogens is 419 g/mol. The first-order chi connectivity index (χ1) is 14.5. The monoisotopic (exact) mass is 436 g/mol. The number of carbonyl (C=O) groups excluding carboxylic acids is 2. The number of amides is 2. The van der Waals surface area contributed by atoms with Crippen molar-refractivity contribution in [3.63, 3.8) is 0 Å². The van der Waals surface area contributed by atoms with Gasteiger partial charge in [-0.05, 0) is 71.8 Å². The van der Waals surface area contributed by atoms with Gasteiger partial charge in [-0.2, -0.15) is 0 Å². The molecule has 0 aliphatic carbocycles. The van der Waals surface area contributed by atoms with Gasteiger partial charge in [-0.3, -0.25) is 9.59 Å². The van der Waals surface area contributed by atoms with Crippen LogP contribution in [-0.2, 0) is 9.59 Å². The summed E-state index contributed by atoms with van der Waals surface area (Å²) in [6.45, 7) is 0. The third-order valence-corrected chi connectivity index (χ3v) is 4.44. The number of anilines is 2. The van der Waals surface area contributed by atoms with Gasteiger partial charge in [-0.1, -0.05) is 47.5 Å².